The number of hydrogen-bond acceptors (Lipinski definition) is 2. The highest BCUT2D eigenvalue weighted by Crippen LogP contribution is 2.19. The molecule has 1 aromatic carbocycles. The maximum absolute atomic E-state index is 12.6. The zero-order valence-corrected chi connectivity index (χ0v) is 14.2. The van der Waals surface area contributed by atoms with Crippen LogP contribution >= 0.6 is 11.6 Å². The van der Waals surface area contributed by atoms with Gasteiger partial charge in [-0.25, -0.2) is 0 Å². The van der Waals surface area contributed by atoms with Crippen LogP contribution in [0.3, 0.4) is 0 Å². The molecule has 0 saturated carbocycles. The number of nitrogens with zero attached hydrogens (tertiary/aromatic N) is 4. The molecule has 0 N–H and O–H groups in total. The van der Waals surface area contributed by atoms with Crippen molar-refractivity contribution < 1.29 is 4.79 Å². The number of carbonyl (C=O) groups is 1. The molecule has 1 amide bonds. The Morgan fingerprint density at radius 1 is 1.17 bits per heavy atom. The van der Waals surface area contributed by atoms with Crippen LogP contribution in [-0.4, -0.2) is 20.3 Å². The van der Waals surface area contributed by atoms with E-state index in [1.807, 2.05) is 53.2 Å². The summed E-state index contributed by atoms with van der Waals surface area (Å²) in [6.45, 7) is 2.38. The Bertz CT molecular complexity index is 941. The third-order valence-corrected chi connectivity index (χ3v) is 4.13. The van der Waals surface area contributed by atoms with Crippen LogP contribution in [-0.2, 0) is 13.6 Å². The van der Waals surface area contributed by atoms with Gasteiger partial charge >= 0.3 is 0 Å². The molecule has 0 aliphatic rings. The van der Waals surface area contributed by atoms with Crippen LogP contribution in [0.2, 0.25) is 5.15 Å². The summed E-state index contributed by atoms with van der Waals surface area (Å²) in [5, 5.41) is 4.46. The summed E-state index contributed by atoms with van der Waals surface area (Å²) in [4.78, 5) is 16.8. The minimum Gasteiger partial charge on any atom is -0.328 e. The minimum atomic E-state index is -0.390. The second kappa shape index (κ2) is 6.84. The molecule has 3 rings (SSSR count). The Balaban J connectivity index is 2.00. The number of aromatic nitrogens is 3. The molecule has 0 aliphatic heterocycles. The van der Waals surface area contributed by atoms with Gasteiger partial charge < -0.3 is 4.57 Å². The highest BCUT2D eigenvalue weighted by atomic mass is 35.5. The lowest BCUT2D eigenvalue weighted by molar-refractivity contribution is 0.0996. The van der Waals surface area contributed by atoms with Crippen molar-refractivity contribution in [3.63, 3.8) is 0 Å². The Morgan fingerprint density at radius 2 is 1.88 bits per heavy atom. The third-order valence-electron chi connectivity index (χ3n) is 3.69. The smallest absolute Gasteiger partial charge is 0.283 e. The number of aryl methyl sites for hydroxylation is 2. The normalized spacial score (nSPS) is 11.7. The molecular weight excluding hydrogens is 324 g/mol. The molecule has 5 nitrogen and oxygen atoms in total. The van der Waals surface area contributed by atoms with Crippen LogP contribution in [0.5, 0.6) is 0 Å². The van der Waals surface area contributed by atoms with Crippen molar-refractivity contribution in [2.75, 3.05) is 0 Å². The molecule has 0 aliphatic carbocycles. The standard InChI is InChI=1S/C18H17ClN4O/c1-13-16(17(19)22(2)21-13)18(24)20-15-10-6-7-11-23(15)12-14-8-4-3-5-9-14/h3-11H,12H2,1-2H3. The second-order valence-corrected chi connectivity index (χ2v) is 5.82. The predicted octanol–water partition coefficient (Wildman–Crippen LogP) is 2.97. The lowest BCUT2D eigenvalue weighted by Crippen LogP contribution is -2.22. The second-order valence-electron chi connectivity index (χ2n) is 5.46. The van der Waals surface area contributed by atoms with Crippen molar-refractivity contribution in [1.82, 2.24) is 14.3 Å². The van der Waals surface area contributed by atoms with Gasteiger partial charge in [0.1, 0.15) is 16.2 Å². The molecule has 2 heterocycles. The number of carbonyl (C=O) groups excluding carboxylic acids is 1. The van der Waals surface area contributed by atoms with Gasteiger partial charge in [-0.15, -0.1) is 0 Å². The van der Waals surface area contributed by atoms with Gasteiger partial charge in [-0.1, -0.05) is 48.0 Å². The molecule has 0 atom stereocenters. The number of benzene rings is 1. The van der Waals surface area contributed by atoms with E-state index in [1.165, 1.54) is 4.68 Å². The van der Waals surface area contributed by atoms with Crippen molar-refractivity contribution in [2.45, 2.75) is 13.5 Å². The van der Waals surface area contributed by atoms with Gasteiger partial charge in [-0.3, -0.25) is 9.48 Å². The van der Waals surface area contributed by atoms with Gasteiger partial charge in [0.25, 0.3) is 5.91 Å². The number of halogens is 1. The Labute approximate surface area is 144 Å². The quantitative estimate of drug-likeness (QED) is 0.736. The predicted molar refractivity (Wildman–Crippen MR) is 92.8 cm³/mol. The molecule has 3 aromatic rings. The summed E-state index contributed by atoms with van der Waals surface area (Å²) < 4.78 is 3.40. The number of rotatable bonds is 3. The number of hydrogen-bond donors (Lipinski definition) is 0. The van der Waals surface area contributed by atoms with E-state index in [9.17, 15) is 4.79 Å². The van der Waals surface area contributed by atoms with E-state index in [-0.39, 0.29) is 0 Å². The lowest BCUT2D eigenvalue weighted by atomic mass is 10.2. The topological polar surface area (TPSA) is 52.2 Å². The molecule has 0 bridgehead atoms. The van der Waals surface area contributed by atoms with E-state index in [2.05, 4.69) is 10.1 Å². The average Bonchev–Trinajstić information content (AvgIpc) is 2.83. The molecule has 0 saturated heterocycles. The molecule has 122 valence electrons. The van der Waals surface area contributed by atoms with Crippen LogP contribution < -0.4 is 5.49 Å². The molecule has 0 unspecified atom stereocenters. The highest BCUT2D eigenvalue weighted by Gasteiger charge is 2.18. The van der Waals surface area contributed by atoms with Gasteiger partial charge in [-0.2, -0.15) is 10.1 Å². The zero-order chi connectivity index (χ0) is 17.1. The fourth-order valence-corrected chi connectivity index (χ4v) is 2.77. The number of amides is 1. The van der Waals surface area contributed by atoms with Crippen LogP contribution in [0.15, 0.2) is 59.7 Å². The van der Waals surface area contributed by atoms with E-state index in [0.717, 1.165) is 5.56 Å². The molecular formula is C18H17ClN4O. The van der Waals surface area contributed by atoms with Crippen LogP contribution in [0.1, 0.15) is 21.6 Å². The summed E-state index contributed by atoms with van der Waals surface area (Å²) in [5.74, 6) is -0.390. The SMILES string of the molecule is Cc1nn(C)c(Cl)c1C(=O)N=c1ccccn1Cc1ccccc1. The molecule has 2 aromatic heterocycles. The fourth-order valence-electron chi connectivity index (χ4n) is 2.52. The first-order chi connectivity index (χ1) is 11.6. The van der Waals surface area contributed by atoms with Crippen LogP contribution in [0, 0.1) is 6.92 Å². The first kappa shape index (κ1) is 16.2. The lowest BCUT2D eigenvalue weighted by Gasteiger charge is -2.07. The van der Waals surface area contributed by atoms with E-state index in [4.69, 9.17) is 11.6 Å². The molecule has 24 heavy (non-hydrogen) atoms. The van der Waals surface area contributed by atoms with Crippen molar-refractivity contribution in [1.29, 1.82) is 0 Å². The molecule has 0 fully saturated rings. The Hall–Kier alpha value is -2.66. The third kappa shape index (κ3) is 3.31. The van der Waals surface area contributed by atoms with Gasteiger partial charge in [0.15, 0.2) is 0 Å². The monoisotopic (exact) mass is 340 g/mol. The van der Waals surface area contributed by atoms with E-state index in [1.54, 1.807) is 20.0 Å². The van der Waals surface area contributed by atoms with Gasteiger partial charge in [0.2, 0.25) is 0 Å². The van der Waals surface area contributed by atoms with Crippen molar-refractivity contribution >= 4 is 17.5 Å². The Kier molecular flexibility index (Phi) is 4.62. The maximum atomic E-state index is 12.6. The first-order valence-corrected chi connectivity index (χ1v) is 7.91. The molecule has 0 radical (unpaired) electrons. The zero-order valence-electron chi connectivity index (χ0n) is 13.5. The summed E-state index contributed by atoms with van der Waals surface area (Å²) >= 11 is 6.16. The van der Waals surface area contributed by atoms with Gasteiger partial charge in [0, 0.05) is 19.8 Å². The van der Waals surface area contributed by atoms with E-state index >= 15 is 0 Å². The van der Waals surface area contributed by atoms with E-state index in [0.29, 0.717) is 28.4 Å². The van der Waals surface area contributed by atoms with Gasteiger partial charge in [-0.05, 0) is 24.6 Å². The van der Waals surface area contributed by atoms with Crippen molar-refractivity contribution in [2.24, 2.45) is 12.0 Å². The number of pyridine rings is 1. The summed E-state index contributed by atoms with van der Waals surface area (Å²) in [7, 11) is 1.70. The highest BCUT2D eigenvalue weighted by molar-refractivity contribution is 6.33. The average molecular weight is 341 g/mol. The molecule has 6 heteroatoms. The summed E-state index contributed by atoms with van der Waals surface area (Å²) in [5.41, 5.74) is 2.62. The van der Waals surface area contributed by atoms with Crippen LogP contribution in [0.4, 0.5) is 0 Å². The van der Waals surface area contributed by atoms with Gasteiger partial charge in [0.05, 0.1) is 5.69 Å². The largest absolute Gasteiger partial charge is 0.328 e. The maximum Gasteiger partial charge on any atom is 0.283 e. The van der Waals surface area contributed by atoms with Crippen molar-refractivity contribution in [3.8, 4) is 0 Å². The van der Waals surface area contributed by atoms with Crippen LogP contribution in [0.25, 0.3) is 0 Å². The van der Waals surface area contributed by atoms with Crippen molar-refractivity contribution in [3.05, 3.63) is 82.2 Å². The van der Waals surface area contributed by atoms with E-state index < -0.39 is 5.91 Å². The minimum absolute atomic E-state index is 0.298. The first-order valence-electron chi connectivity index (χ1n) is 7.54. The molecule has 0 spiro atoms. The Morgan fingerprint density at radius 3 is 2.54 bits per heavy atom. The summed E-state index contributed by atoms with van der Waals surface area (Å²) in [6.07, 6.45) is 1.90. The fraction of sp³-hybridized carbons (Fsp3) is 0.167. The summed E-state index contributed by atoms with van der Waals surface area (Å²) in [6, 6.07) is 15.6.